The molecule has 80 valence electrons. The lowest BCUT2D eigenvalue weighted by Gasteiger charge is -2.13. The molecule has 0 fully saturated rings. The Labute approximate surface area is 92.4 Å². The number of fused-ring (bicyclic) bond motifs is 1. The third kappa shape index (κ3) is 1.74. The number of pyridine rings is 1. The molecule has 4 nitrogen and oxygen atoms in total. The Balaban J connectivity index is 2.57. The second-order valence-corrected chi connectivity index (χ2v) is 3.44. The number of nitriles is 1. The van der Waals surface area contributed by atoms with Crippen molar-refractivity contribution in [3.63, 3.8) is 0 Å². The Morgan fingerprint density at radius 1 is 1.19 bits per heavy atom. The summed E-state index contributed by atoms with van der Waals surface area (Å²) in [4.78, 5) is 4.13. The molecule has 2 aromatic rings. The van der Waals surface area contributed by atoms with Crippen molar-refractivity contribution in [2.24, 2.45) is 0 Å². The van der Waals surface area contributed by atoms with E-state index in [0.717, 1.165) is 10.9 Å². The normalized spacial score (nSPS) is 14.3. The van der Waals surface area contributed by atoms with E-state index in [1.165, 1.54) is 0 Å². The fraction of sp³-hybridized carbons (Fsp3) is 0.167. The van der Waals surface area contributed by atoms with E-state index >= 15 is 0 Å². The highest BCUT2D eigenvalue weighted by atomic mass is 16.3. The molecule has 1 aromatic heterocycles. The Morgan fingerprint density at radius 3 is 2.75 bits per heavy atom. The first-order valence-corrected chi connectivity index (χ1v) is 4.83. The van der Waals surface area contributed by atoms with Crippen LogP contribution in [0, 0.1) is 11.3 Å². The monoisotopic (exact) mass is 214 g/mol. The van der Waals surface area contributed by atoms with Gasteiger partial charge in [-0.1, -0.05) is 18.2 Å². The molecule has 1 heterocycles. The second kappa shape index (κ2) is 4.27. The zero-order valence-electron chi connectivity index (χ0n) is 8.41. The number of aromatic nitrogens is 1. The van der Waals surface area contributed by atoms with Gasteiger partial charge in [0.25, 0.3) is 0 Å². The maximum absolute atomic E-state index is 9.79. The number of hydrogen-bond donors (Lipinski definition) is 2. The number of rotatable bonds is 2. The summed E-state index contributed by atoms with van der Waals surface area (Å²) >= 11 is 0. The minimum absolute atomic E-state index is 0.514. The van der Waals surface area contributed by atoms with Crippen LogP contribution >= 0.6 is 0 Å². The topological polar surface area (TPSA) is 77.1 Å². The van der Waals surface area contributed by atoms with Crippen molar-refractivity contribution < 1.29 is 10.2 Å². The molecule has 0 aliphatic carbocycles. The molecule has 2 N–H and O–H groups in total. The Kier molecular flexibility index (Phi) is 2.82. The van der Waals surface area contributed by atoms with E-state index in [1.54, 1.807) is 36.5 Å². The van der Waals surface area contributed by atoms with Crippen LogP contribution in [0.25, 0.3) is 10.9 Å². The van der Waals surface area contributed by atoms with Gasteiger partial charge >= 0.3 is 0 Å². The predicted molar refractivity (Wildman–Crippen MR) is 58.3 cm³/mol. The first-order chi connectivity index (χ1) is 7.74. The summed E-state index contributed by atoms with van der Waals surface area (Å²) in [6.45, 7) is 0. The maximum Gasteiger partial charge on any atom is 0.170 e. The molecule has 0 saturated heterocycles. The lowest BCUT2D eigenvalue weighted by Crippen LogP contribution is -2.16. The molecule has 0 radical (unpaired) electrons. The Morgan fingerprint density at radius 2 is 2.00 bits per heavy atom. The van der Waals surface area contributed by atoms with Crippen LogP contribution in [0.1, 0.15) is 11.7 Å². The zero-order valence-corrected chi connectivity index (χ0v) is 8.41. The quantitative estimate of drug-likeness (QED) is 0.735. The van der Waals surface area contributed by atoms with Crippen molar-refractivity contribution in [3.8, 4) is 6.07 Å². The van der Waals surface area contributed by atoms with Crippen LogP contribution in [0.2, 0.25) is 0 Å². The summed E-state index contributed by atoms with van der Waals surface area (Å²) in [6, 6.07) is 10.4. The molecule has 0 spiro atoms. The summed E-state index contributed by atoms with van der Waals surface area (Å²) in [5.74, 6) is 0. The lowest BCUT2D eigenvalue weighted by atomic mass is 10.0. The molecule has 0 aliphatic rings. The zero-order chi connectivity index (χ0) is 11.5. The van der Waals surface area contributed by atoms with Crippen LogP contribution in [-0.2, 0) is 0 Å². The fourth-order valence-corrected chi connectivity index (χ4v) is 1.63. The van der Waals surface area contributed by atoms with Crippen molar-refractivity contribution >= 4 is 10.9 Å². The van der Waals surface area contributed by atoms with Crippen LogP contribution in [0.5, 0.6) is 0 Å². The summed E-state index contributed by atoms with van der Waals surface area (Å²) in [7, 11) is 0. The van der Waals surface area contributed by atoms with Crippen LogP contribution in [0.15, 0.2) is 36.5 Å². The van der Waals surface area contributed by atoms with E-state index in [0.29, 0.717) is 5.56 Å². The summed E-state index contributed by atoms with van der Waals surface area (Å²) in [5, 5.41) is 28.4. The van der Waals surface area contributed by atoms with Crippen LogP contribution < -0.4 is 0 Å². The number of nitrogens with zero attached hydrogens (tertiary/aromatic N) is 2. The smallest absolute Gasteiger partial charge is 0.170 e. The Hall–Kier alpha value is -1.96. The minimum atomic E-state index is -1.43. The van der Waals surface area contributed by atoms with E-state index < -0.39 is 12.2 Å². The molecule has 16 heavy (non-hydrogen) atoms. The molecule has 2 unspecified atom stereocenters. The summed E-state index contributed by atoms with van der Waals surface area (Å²) in [5.41, 5.74) is 1.24. The number of hydrogen-bond acceptors (Lipinski definition) is 4. The van der Waals surface area contributed by atoms with Gasteiger partial charge < -0.3 is 10.2 Å². The van der Waals surface area contributed by atoms with E-state index in [1.807, 2.05) is 6.07 Å². The number of aliphatic hydroxyl groups excluding tert-OH is 2. The average Bonchev–Trinajstić information content (AvgIpc) is 2.36. The molecular formula is C12H10N2O2. The van der Waals surface area contributed by atoms with Gasteiger partial charge in [-0.25, -0.2) is 0 Å². The van der Waals surface area contributed by atoms with Crippen LogP contribution in [-0.4, -0.2) is 21.3 Å². The second-order valence-electron chi connectivity index (χ2n) is 3.44. The van der Waals surface area contributed by atoms with Crippen LogP contribution in [0.4, 0.5) is 0 Å². The van der Waals surface area contributed by atoms with Gasteiger partial charge in [0.2, 0.25) is 0 Å². The molecular weight excluding hydrogens is 204 g/mol. The largest absolute Gasteiger partial charge is 0.385 e. The summed E-state index contributed by atoms with van der Waals surface area (Å²) < 4.78 is 0. The van der Waals surface area contributed by atoms with Gasteiger partial charge in [0.1, 0.15) is 6.10 Å². The van der Waals surface area contributed by atoms with Crippen molar-refractivity contribution in [1.82, 2.24) is 4.98 Å². The van der Waals surface area contributed by atoms with Crippen LogP contribution in [0.3, 0.4) is 0 Å². The minimum Gasteiger partial charge on any atom is -0.385 e. The molecule has 0 bridgehead atoms. The van der Waals surface area contributed by atoms with E-state index in [-0.39, 0.29) is 0 Å². The predicted octanol–water partition coefficient (Wildman–Crippen LogP) is 1.15. The highest BCUT2D eigenvalue weighted by Crippen LogP contribution is 2.24. The molecule has 0 saturated carbocycles. The highest BCUT2D eigenvalue weighted by molar-refractivity contribution is 5.82. The Bertz CT molecular complexity index is 543. The van der Waals surface area contributed by atoms with Gasteiger partial charge in [-0.05, 0) is 17.7 Å². The molecule has 4 heteroatoms. The molecule has 0 amide bonds. The highest BCUT2D eigenvalue weighted by Gasteiger charge is 2.19. The molecule has 2 rings (SSSR count). The van der Waals surface area contributed by atoms with Gasteiger partial charge in [0.15, 0.2) is 6.10 Å². The SMILES string of the molecule is N#CC(O)C(O)c1cccc2ncccc12. The molecule has 2 atom stereocenters. The van der Waals surface area contributed by atoms with Crippen molar-refractivity contribution in [2.45, 2.75) is 12.2 Å². The van der Waals surface area contributed by atoms with Gasteiger partial charge in [0, 0.05) is 11.6 Å². The van der Waals surface area contributed by atoms with Gasteiger partial charge in [-0.3, -0.25) is 4.98 Å². The third-order valence-corrected chi connectivity index (χ3v) is 2.43. The van der Waals surface area contributed by atoms with Crippen molar-refractivity contribution in [2.75, 3.05) is 0 Å². The van der Waals surface area contributed by atoms with Gasteiger partial charge in [0.05, 0.1) is 11.6 Å². The van der Waals surface area contributed by atoms with Gasteiger partial charge in [-0.2, -0.15) is 5.26 Å². The molecule has 1 aromatic carbocycles. The maximum atomic E-state index is 9.79. The standard InChI is InChI=1S/C12H10N2O2/c13-7-11(15)12(16)9-3-1-5-10-8(9)4-2-6-14-10/h1-6,11-12,15-16H. The average molecular weight is 214 g/mol. The van der Waals surface area contributed by atoms with E-state index in [4.69, 9.17) is 5.26 Å². The van der Waals surface area contributed by atoms with Gasteiger partial charge in [-0.15, -0.1) is 0 Å². The first-order valence-electron chi connectivity index (χ1n) is 4.83. The third-order valence-electron chi connectivity index (χ3n) is 2.43. The number of benzene rings is 1. The number of aliphatic hydroxyl groups is 2. The fourth-order valence-electron chi connectivity index (χ4n) is 1.63. The summed E-state index contributed by atoms with van der Waals surface area (Å²) in [6.07, 6.45) is -0.983. The first kappa shape index (κ1) is 10.6. The van der Waals surface area contributed by atoms with E-state index in [9.17, 15) is 10.2 Å². The van der Waals surface area contributed by atoms with Crippen molar-refractivity contribution in [3.05, 3.63) is 42.1 Å². The lowest BCUT2D eigenvalue weighted by molar-refractivity contribution is 0.0538. The van der Waals surface area contributed by atoms with Crippen molar-refractivity contribution in [1.29, 1.82) is 5.26 Å². The molecule has 0 aliphatic heterocycles. The van der Waals surface area contributed by atoms with E-state index in [2.05, 4.69) is 4.98 Å².